The molecule has 0 radical (unpaired) electrons. The molecule has 17 heavy (non-hydrogen) atoms. The molecule has 0 aliphatic carbocycles. The van der Waals surface area contributed by atoms with Crippen LogP contribution in [0.3, 0.4) is 0 Å². The summed E-state index contributed by atoms with van der Waals surface area (Å²) in [5.41, 5.74) is 0. The van der Waals surface area contributed by atoms with Gasteiger partial charge >= 0.3 is 23.7 Å². The van der Waals surface area contributed by atoms with Crippen LogP contribution in [0.5, 0.6) is 0 Å². The fraction of sp³-hybridized carbons (Fsp3) is 1.00. The van der Waals surface area contributed by atoms with Gasteiger partial charge in [0.15, 0.2) is 0 Å². The third-order valence-corrected chi connectivity index (χ3v) is 2.51. The minimum atomic E-state index is -6.24. The molecule has 0 amide bonds. The van der Waals surface area contributed by atoms with E-state index in [1.165, 1.54) is 0 Å². The molecule has 0 heterocycles. The lowest BCUT2D eigenvalue weighted by Crippen LogP contribution is -2.63. The van der Waals surface area contributed by atoms with Crippen LogP contribution in [0.2, 0.25) is 0 Å². The standard InChI is InChI=1S/C7H7BrF8O/c1-17-3-5(11,12)7(15,16)6(13,14)4(9,10)2-8/h2-3H2,1H3. The van der Waals surface area contributed by atoms with Crippen LogP contribution in [0, 0.1) is 0 Å². The third-order valence-electron chi connectivity index (χ3n) is 1.81. The van der Waals surface area contributed by atoms with Gasteiger partial charge in [-0.05, 0) is 0 Å². The van der Waals surface area contributed by atoms with E-state index in [0.29, 0.717) is 7.11 Å². The number of methoxy groups -OCH3 is 1. The molecule has 0 fully saturated rings. The lowest BCUT2D eigenvalue weighted by atomic mass is 10.00. The third kappa shape index (κ3) is 2.67. The van der Waals surface area contributed by atoms with E-state index in [2.05, 4.69) is 4.74 Å². The predicted molar refractivity (Wildman–Crippen MR) is 45.5 cm³/mol. The number of halogens is 9. The van der Waals surface area contributed by atoms with E-state index in [1.54, 1.807) is 0 Å². The van der Waals surface area contributed by atoms with Crippen molar-refractivity contribution in [3.8, 4) is 0 Å². The van der Waals surface area contributed by atoms with Crippen molar-refractivity contribution in [3.63, 3.8) is 0 Å². The second-order valence-corrected chi connectivity index (χ2v) is 3.69. The van der Waals surface area contributed by atoms with Gasteiger partial charge in [-0.1, -0.05) is 15.9 Å². The van der Waals surface area contributed by atoms with E-state index in [9.17, 15) is 35.1 Å². The van der Waals surface area contributed by atoms with Crippen molar-refractivity contribution in [3.05, 3.63) is 0 Å². The van der Waals surface area contributed by atoms with Crippen molar-refractivity contribution in [1.29, 1.82) is 0 Å². The summed E-state index contributed by atoms with van der Waals surface area (Å²) < 4.78 is 105. The van der Waals surface area contributed by atoms with E-state index in [-0.39, 0.29) is 0 Å². The molecule has 0 rings (SSSR count). The Morgan fingerprint density at radius 3 is 1.47 bits per heavy atom. The zero-order valence-electron chi connectivity index (χ0n) is 8.22. The van der Waals surface area contributed by atoms with E-state index in [1.807, 2.05) is 15.9 Å². The molecule has 0 aliphatic rings. The van der Waals surface area contributed by atoms with Gasteiger partial charge in [0.25, 0.3) is 0 Å². The molecule has 0 saturated heterocycles. The SMILES string of the molecule is COCC(F)(F)C(F)(F)C(F)(F)C(F)(F)CBr. The van der Waals surface area contributed by atoms with E-state index < -0.39 is 35.6 Å². The Balaban J connectivity index is 5.44. The molecule has 0 aromatic heterocycles. The molecule has 0 aliphatic heterocycles. The van der Waals surface area contributed by atoms with Crippen molar-refractivity contribution in [1.82, 2.24) is 0 Å². The average molecular weight is 339 g/mol. The van der Waals surface area contributed by atoms with Crippen molar-refractivity contribution in [2.45, 2.75) is 23.7 Å². The Morgan fingerprint density at radius 2 is 1.18 bits per heavy atom. The Labute approximate surface area is 99.2 Å². The van der Waals surface area contributed by atoms with Crippen LogP contribution < -0.4 is 0 Å². The molecule has 0 saturated carbocycles. The lowest BCUT2D eigenvalue weighted by molar-refractivity contribution is -0.365. The van der Waals surface area contributed by atoms with Gasteiger partial charge in [-0.3, -0.25) is 0 Å². The van der Waals surface area contributed by atoms with Crippen molar-refractivity contribution >= 4 is 15.9 Å². The number of hydrogen-bond donors (Lipinski definition) is 0. The van der Waals surface area contributed by atoms with Crippen LogP contribution >= 0.6 is 15.9 Å². The molecule has 0 bridgehead atoms. The smallest absolute Gasteiger partial charge is 0.378 e. The maximum atomic E-state index is 12.8. The van der Waals surface area contributed by atoms with Gasteiger partial charge in [-0.2, -0.15) is 35.1 Å². The van der Waals surface area contributed by atoms with E-state index in [0.717, 1.165) is 0 Å². The van der Waals surface area contributed by atoms with Crippen LogP contribution in [0.1, 0.15) is 0 Å². The van der Waals surface area contributed by atoms with Gasteiger partial charge in [0, 0.05) is 7.11 Å². The summed E-state index contributed by atoms with van der Waals surface area (Å²) in [5.74, 6) is -23.2. The quantitative estimate of drug-likeness (QED) is 0.531. The van der Waals surface area contributed by atoms with Gasteiger partial charge in [0.2, 0.25) is 0 Å². The largest absolute Gasteiger partial charge is 0.380 e. The number of hydrogen-bond acceptors (Lipinski definition) is 1. The Bertz CT molecular complexity index is 267. The minimum absolute atomic E-state index is 0.546. The summed E-state index contributed by atoms with van der Waals surface area (Å²) in [6.45, 7) is -2.10. The minimum Gasteiger partial charge on any atom is -0.378 e. The van der Waals surface area contributed by atoms with Crippen LogP contribution in [0.25, 0.3) is 0 Å². The fourth-order valence-corrected chi connectivity index (χ4v) is 1.17. The molecule has 10 heteroatoms. The molecule has 0 aromatic carbocycles. The summed E-state index contributed by atoms with van der Waals surface area (Å²) in [4.78, 5) is 0. The molecular weight excluding hydrogens is 332 g/mol. The highest BCUT2D eigenvalue weighted by molar-refractivity contribution is 9.09. The summed E-state index contributed by atoms with van der Waals surface area (Å²) in [5, 5.41) is -1.88. The first kappa shape index (κ1) is 16.9. The second kappa shape index (κ2) is 4.87. The first-order chi connectivity index (χ1) is 7.37. The lowest BCUT2D eigenvalue weighted by Gasteiger charge is -2.35. The molecule has 0 atom stereocenters. The molecular formula is C7H7BrF8O. The summed E-state index contributed by atoms with van der Waals surface area (Å²) in [6.07, 6.45) is 0. The average Bonchev–Trinajstić information content (AvgIpc) is 2.16. The van der Waals surface area contributed by atoms with E-state index in [4.69, 9.17) is 0 Å². The molecule has 0 unspecified atom stereocenters. The molecule has 0 aromatic rings. The normalized spacial score (nSPS) is 15.2. The van der Waals surface area contributed by atoms with Crippen LogP contribution in [-0.2, 0) is 4.74 Å². The molecule has 0 spiro atoms. The fourth-order valence-electron chi connectivity index (χ4n) is 0.815. The number of ether oxygens (including phenoxy) is 1. The highest BCUT2D eigenvalue weighted by Crippen LogP contribution is 2.52. The summed E-state index contributed by atoms with van der Waals surface area (Å²) >= 11 is 1.87. The highest BCUT2D eigenvalue weighted by atomic mass is 79.9. The van der Waals surface area contributed by atoms with Crippen LogP contribution in [0.15, 0.2) is 0 Å². The molecule has 0 N–H and O–H groups in total. The van der Waals surface area contributed by atoms with Crippen molar-refractivity contribution in [2.24, 2.45) is 0 Å². The Morgan fingerprint density at radius 1 is 0.824 bits per heavy atom. The van der Waals surface area contributed by atoms with Gasteiger partial charge in [-0.25, -0.2) is 0 Å². The summed E-state index contributed by atoms with van der Waals surface area (Å²) in [6, 6.07) is 0. The molecule has 104 valence electrons. The van der Waals surface area contributed by atoms with Crippen LogP contribution in [0.4, 0.5) is 35.1 Å². The number of rotatable bonds is 6. The highest BCUT2D eigenvalue weighted by Gasteiger charge is 2.79. The Kier molecular flexibility index (Phi) is 4.83. The van der Waals surface area contributed by atoms with Crippen molar-refractivity contribution < 1.29 is 39.9 Å². The van der Waals surface area contributed by atoms with Gasteiger partial charge < -0.3 is 4.74 Å². The first-order valence-corrected chi connectivity index (χ1v) is 5.05. The topological polar surface area (TPSA) is 9.23 Å². The van der Waals surface area contributed by atoms with E-state index >= 15 is 0 Å². The monoisotopic (exact) mass is 338 g/mol. The maximum absolute atomic E-state index is 12.8. The van der Waals surface area contributed by atoms with Gasteiger partial charge in [0.1, 0.15) is 6.61 Å². The van der Waals surface area contributed by atoms with Gasteiger partial charge in [0.05, 0.1) is 5.33 Å². The summed E-state index contributed by atoms with van der Waals surface area (Å²) in [7, 11) is 0.546. The first-order valence-electron chi connectivity index (χ1n) is 3.93. The van der Waals surface area contributed by atoms with Crippen LogP contribution in [-0.4, -0.2) is 42.7 Å². The zero-order chi connectivity index (χ0) is 14.1. The molecule has 1 nitrogen and oxygen atoms in total. The second-order valence-electron chi connectivity index (χ2n) is 3.12. The van der Waals surface area contributed by atoms with Gasteiger partial charge in [-0.15, -0.1) is 0 Å². The number of alkyl halides is 9. The predicted octanol–water partition coefficient (Wildman–Crippen LogP) is 3.57. The maximum Gasteiger partial charge on any atom is 0.380 e. The zero-order valence-corrected chi connectivity index (χ0v) is 9.81. The van der Waals surface area contributed by atoms with Crippen molar-refractivity contribution in [2.75, 3.05) is 19.0 Å². The Hall–Kier alpha value is -0.120.